The van der Waals surface area contributed by atoms with Gasteiger partial charge >= 0.3 is 0 Å². The Labute approximate surface area is 117 Å². The summed E-state index contributed by atoms with van der Waals surface area (Å²) in [5, 5.41) is 0. The molecule has 0 aromatic carbocycles. The molecule has 4 heteroatoms. The second-order valence-electron chi connectivity index (χ2n) is 7.07. The van der Waals surface area contributed by atoms with E-state index in [1.54, 1.807) is 0 Å². The van der Waals surface area contributed by atoms with E-state index in [0.717, 1.165) is 52.1 Å². The highest BCUT2D eigenvalue weighted by molar-refractivity contribution is 5.82. The van der Waals surface area contributed by atoms with Crippen LogP contribution < -0.4 is 5.73 Å². The monoisotopic (exact) mass is 267 g/mol. The highest BCUT2D eigenvalue weighted by atomic mass is 16.2. The largest absolute Gasteiger partial charge is 0.341 e. The molecule has 2 aliphatic rings. The van der Waals surface area contributed by atoms with Crippen LogP contribution in [-0.4, -0.2) is 55.0 Å². The van der Waals surface area contributed by atoms with Crippen molar-refractivity contribution in [3.8, 4) is 0 Å². The number of rotatable bonds is 4. The number of nitrogens with zero attached hydrogens (tertiary/aromatic N) is 2. The zero-order valence-electron chi connectivity index (χ0n) is 12.7. The van der Waals surface area contributed by atoms with Crippen molar-refractivity contribution in [2.24, 2.45) is 23.0 Å². The van der Waals surface area contributed by atoms with Gasteiger partial charge in [-0.1, -0.05) is 20.8 Å². The molecule has 1 aliphatic carbocycles. The molecule has 0 spiro atoms. The summed E-state index contributed by atoms with van der Waals surface area (Å²) in [4.78, 5) is 17.0. The van der Waals surface area contributed by atoms with E-state index >= 15 is 0 Å². The van der Waals surface area contributed by atoms with Gasteiger partial charge in [-0.2, -0.15) is 0 Å². The molecule has 0 radical (unpaired) electrons. The fourth-order valence-electron chi connectivity index (χ4n) is 3.00. The van der Waals surface area contributed by atoms with Crippen LogP contribution in [0, 0.1) is 17.3 Å². The van der Waals surface area contributed by atoms with E-state index in [1.165, 1.54) is 0 Å². The highest BCUT2D eigenvalue weighted by Gasteiger charge is 2.51. The zero-order chi connectivity index (χ0) is 14.0. The number of amides is 1. The molecule has 2 N–H and O–H groups in total. The molecule has 0 bridgehead atoms. The lowest BCUT2D eigenvalue weighted by molar-refractivity contribution is -0.133. The molecule has 0 aromatic rings. The normalized spacial score (nSPS) is 28.8. The highest BCUT2D eigenvalue weighted by Crippen LogP contribution is 2.52. The Balaban J connectivity index is 1.82. The number of carbonyl (C=O) groups excluding carboxylic acids is 1. The van der Waals surface area contributed by atoms with Crippen LogP contribution in [0.5, 0.6) is 0 Å². The average molecular weight is 267 g/mol. The van der Waals surface area contributed by atoms with E-state index < -0.39 is 0 Å². The smallest absolute Gasteiger partial charge is 0.226 e. The molecule has 2 unspecified atom stereocenters. The maximum atomic E-state index is 12.4. The molecule has 0 aromatic heterocycles. The van der Waals surface area contributed by atoms with Gasteiger partial charge in [-0.25, -0.2) is 0 Å². The van der Waals surface area contributed by atoms with Crippen molar-refractivity contribution in [2.75, 3.05) is 39.3 Å². The topological polar surface area (TPSA) is 49.6 Å². The van der Waals surface area contributed by atoms with Crippen LogP contribution in [0.25, 0.3) is 0 Å². The summed E-state index contributed by atoms with van der Waals surface area (Å²) in [5.41, 5.74) is 5.94. The van der Waals surface area contributed by atoms with Crippen LogP contribution >= 0.6 is 0 Å². The Morgan fingerprint density at radius 3 is 2.58 bits per heavy atom. The molecule has 1 saturated heterocycles. The van der Waals surface area contributed by atoms with Crippen LogP contribution in [0.4, 0.5) is 0 Å². The summed E-state index contributed by atoms with van der Waals surface area (Å²) in [6.45, 7) is 12.3. The van der Waals surface area contributed by atoms with Crippen LogP contribution in [0.15, 0.2) is 0 Å². The Hall–Kier alpha value is -0.610. The van der Waals surface area contributed by atoms with Crippen LogP contribution in [0.2, 0.25) is 0 Å². The van der Waals surface area contributed by atoms with Gasteiger partial charge in [0, 0.05) is 32.1 Å². The van der Waals surface area contributed by atoms with Gasteiger partial charge in [0.2, 0.25) is 5.91 Å². The third-order valence-corrected chi connectivity index (χ3v) is 4.68. The number of hydrogen-bond donors (Lipinski definition) is 1. The first-order valence-corrected chi connectivity index (χ1v) is 7.65. The Morgan fingerprint density at radius 2 is 2.00 bits per heavy atom. The predicted molar refractivity (Wildman–Crippen MR) is 77.7 cm³/mol. The first kappa shape index (κ1) is 14.8. The molecular weight excluding hydrogens is 238 g/mol. The summed E-state index contributed by atoms with van der Waals surface area (Å²) in [7, 11) is 0. The first-order valence-electron chi connectivity index (χ1n) is 7.65. The number of carbonyl (C=O) groups is 1. The maximum Gasteiger partial charge on any atom is 0.226 e. The van der Waals surface area contributed by atoms with E-state index in [-0.39, 0.29) is 11.3 Å². The minimum Gasteiger partial charge on any atom is -0.341 e. The van der Waals surface area contributed by atoms with Gasteiger partial charge in [0.15, 0.2) is 0 Å². The first-order chi connectivity index (χ1) is 8.94. The number of nitrogens with two attached hydrogens (primary N) is 1. The van der Waals surface area contributed by atoms with E-state index in [4.69, 9.17) is 5.73 Å². The third kappa shape index (κ3) is 3.69. The lowest BCUT2D eigenvalue weighted by Gasteiger charge is -2.24. The van der Waals surface area contributed by atoms with Crippen molar-refractivity contribution in [3.63, 3.8) is 0 Å². The quantitative estimate of drug-likeness (QED) is 0.831. The lowest BCUT2D eigenvalue weighted by atomic mass is 10.1. The molecule has 1 saturated carbocycles. The van der Waals surface area contributed by atoms with E-state index in [1.807, 2.05) is 0 Å². The second-order valence-corrected chi connectivity index (χ2v) is 7.07. The summed E-state index contributed by atoms with van der Waals surface area (Å²) >= 11 is 0. The van der Waals surface area contributed by atoms with Gasteiger partial charge in [-0.05, 0) is 37.3 Å². The molecular formula is C15H29N3O. The van der Waals surface area contributed by atoms with Gasteiger partial charge in [-0.15, -0.1) is 0 Å². The standard InChI is InChI=1S/C15H29N3O/c1-12(10-16)11-17-5-4-6-18(8-7-17)14(19)13-9-15(13,2)3/h12-13H,4-11,16H2,1-3H3. The number of hydrogen-bond acceptors (Lipinski definition) is 3. The second kappa shape index (κ2) is 5.80. The molecule has 19 heavy (non-hydrogen) atoms. The van der Waals surface area contributed by atoms with E-state index in [9.17, 15) is 4.79 Å². The van der Waals surface area contributed by atoms with Gasteiger partial charge in [0.05, 0.1) is 0 Å². The third-order valence-electron chi connectivity index (χ3n) is 4.68. The summed E-state index contributed by atoms with van der Waals surface area (Å²) in [6, 6.07) is 0. The Bertz CT molecular complexity index is 329. The van der Waals surface area contributed by atoms with Crippen molar-refractivity contribution in [1.82, 2.24) is 9.80 Å². The van der Waals surface area contributed by atoms with Crippen LogP contribution in [0.3, 0.4) is 0 Å². The van der Waals surface area contributed by atoms with Gasteiger partial charge in [-0.3, -0.25) is 4.79 Å². The fraction of sp³-hybridized carbons (Fsp3) is 0.933. The molecule has 1 aliphatic heterocycles. The molecule has 1 amide bonds. The van der Waals surface area contributed by atoms with E-state index in [2.05, 4.69) is 30.6 Å². The summed E-state index contributed by atoms with van der Waals surface area (Å²) < 4.78 is 0. The lowest BCUT2D eigenvalue weighted by Crippen LogP contribution is -2.38. The van der Waals surface area contributed by atoms with Crippen LogP contribution in [-0.2, 0) is 4.79 Å². The van der Waals surface area contributed by atoms with Crippen molar-refractivity contribution in [2.45, 2.75) is 33.6 Å². The average Bonchev–Trinajstić information content (AvgIpc) is 3.06. The Kier molecular flexibility index (Phi) is 4.51. The van der Waals surface area contributed by atoms with Crippen molar-refractivity contribution in [3.05, 3.63) is 0 Å². The molecule has 2 fully saturated rings. The fourth-order valence-corrected chi connectivity index (χ4v) is 3.00. The molecule has 2 rings (SSSR count). The molecule has 1 heterocycles. The molecule has 2 atom stereocenters. The van der Waals surface area contributed by atoms with Gasteiger partial charge < -0.3 is 15.5 Å². The SMILES string of the molecule is CC(CN)CN1CCCN(C(=O)C2CC2(C)C)CC1. The zero-order valence-corrected chi connectivity index (χ0v) is 12.7. The molecule has 4 nitrogen and oxygen atoms in total. The predicted octanol–water partition coefficient (Wildman–Crippen LogP) is 1.16. The van der Waals surface area contributed by atoms with Crippen molar-refractivity contribution >= 4 is 5.91 Å². The summed E-state index contributed by atoms with van der Waals surface area (Å²) in [5.74, 6) is 1.21. The minimum absolute atomic E-state index is 0.247. The molecule has 110 valence electrons. The minimum atomic E-state index is 0.247. The van der Waals surface area contributed by atoms with Crippen molar-refractivity contribution in [1.29, 1.82) is 0 Å². The van der Waals surface area contributed by atoms with E-state index in [0.29, 0.717) is 11.8 Å². The van der Waals surface area contributed by atoms with Gasteiger partial charge in [0.1, 0.15) is 0 Å². The summed E-state index contributed by atoms with van der Waals surface area (Å²) in [6.07, 6.45) is 2.16. The Morgan fingerprint density at radius 1 is 1.32 bits per heavy atom. The maximum absolute atomic E-state index is 12.4. The van der Waals surface area contributed by atoms with Crippen molar-refractivity contribution < 1.29 is 4.79 Å². The van der Waals surface area contributed by atoms with Crippen LogP contribution in [0.1, 0.15) is 33.6 Å². The van der Waals surface area contributed by atoms with Gasteiger partial charge in [0.25, 0.3) is 0 Å².